The monoisotopic (exact) mass is 472 g/mol. The Balaban J connectivity index is 1.34. The van der Waals surface area contributed by atoms with Crippen LogP contribution in [0.5, 0.6) is 11.5 Å². The third-order valence-corrected chi connectivity index (χ3v) is 4.87. The van der Waals surface area contributed by atoms with E-state index in [0.29, 0.717) is 34.6 Å². The van der Waals surface area contributed by atoms with E-state index in [0.717, 1.165) is 11.1 Å². The van der Waals surface area contributed by atoms with Gasteiger partial charge in [-0.3, -0.25) is 9.59 Å². The van der Waals surface area contributed by atoms with Crippen molar-refractivity contribution in [3.63, 3.8) is 0 Å². The highest BCUT2D eigenvalue weighted by Crippen LogP contribution is 2.16. The number of carbonyl (C=O) groups excluding carboxylic acids is 2. The number of hydrogen-bond acceptors (Lipinski definition) is 4. The SMILES string of the molecule is O=C(COc1ccc(Cl)cc1)NCc1ccc(CNC(=O)COc2ccc(Cl)cc2)cc1. The minimum Gasteiger partial charge on any atom is -0.484 e. The molecule has 32 heavy (non-hydrogen) atoms. The third kappa shape index (κ3) is 8.13. The summed E-state index contributed by atoms with van der Waals surface area (Å²) < 4.78 is 10.8. The summed E-state index contributed by atoms with van der Waals surface area (Å²) in [4.78, 5) is 23.9. The van der Waals surface area contributed by atoms with Crippen LogP contribution in [0.15, 0.2) is 72.8 Å². The summed E-state index contributed by atoms with van der Waals surface area (Å²) in [5.74, 6) is 0.706. The van der Waals surface area contributed by atoms with Crippen LogP contribution in [0.4, 0.5) is 0 Å². The van der Waals surface area contributed by atoms with Crippen LogP contribution in [0.3, 0.4) is 0 Å². The molecule has 0 heterocycles. The fourth-order valence-electron chi connectivity index (χ4n) is 2.64. The number of ether oxygens (including phenoxy) is 2. The average Bonchev–Trinajstić information content (AvgIpc) is 2.81. The van der Waals surface area contributed by atoms with Crippen molar-refractivity contribution in [1.29, 1.82) is 0 Å². The zero-order valence-electron chi connectivity index (χ0n) is 17.1. The first-order valence-electron chi connectivity index (χ1n) is 9.86. The van der Waals surface area contributed by atoms with Gasteiger partial charge in [0.15, 0.2) is 13.2 Å². The van der Waals surface area contributed by atoms with E-state index in [1.54, 1.807) is 48.5 Å². The van der Waals surface area contributed by atoms with Crippen LogP contribution in [0.25, 0.3) is 0 Å². The molecule has 8 heteroatoms. The number of carbonyl (C=O) groups is 2. The predicted molar refractivity (Wildman–Crippen MR) is 124 cm³/mol. The van der Waals surface area contributed by atoms with Crippen molar-refractivity contribution in [1.82, 2.24) is 10.6 Å². The molecule has 0 aromatic heterocycles. The van der Waals surface area contributed by atoms with E-state index in [-0.39, 0.29) is 25.0 Å². The van der Waals surface area contributed by atoms with Crippen molar-refractivity contribution in [3.05, 3.63) is 94.0 Å². The molecule has 3 aromatic rings. The third-order valence-electron chi connectivity index (χ3n) is 4.37. The summed E-state index contributed by atoms with van der Waals surface area (Å²) in [5, 5.41) is 6.82. The van der Waals surface area contributed by atoms with E-state index in [2.05, 4.69) is 10.6 Å². The van der Waals surface area contributed by atoms with Crippen LogP contribution in [0.1, 0.15) is 11.1 Å². The molecule has 0 unspecified atom stereocenters. The molecule has 3 rings (SSSR count). The van der Waals surface area contributed by atoms with Gasteiger partial charge in [-0.15, -0.1) is 0 Å². The Morgan fingerprint density at radius 2 is 0.938 bits per heavy atom. The Hall–Kier alpha value is -3.22. The molecule has 0 saturated carbocycles. The summed E-state index contributed by atoms with van der Waals surface area (Å²) in [6.45, 7) is 0.600. The molecule has 0 radical (unpaired) electrons. The lowest BCUT2D eigenvalue weighted by Gasteiger charge is -2.09. The molecule has 0 bridgehead atoms. The Kier molecular flexibility index (Phi) is 8.78. The highest BCUT2D eigenvalue weighted by molar-refractivity contribution is 6.30. The Labute approximate surface area is 196 Å². The normalized spacial score (nSPS) is 10.3. The fourth-order valence-corrected chi connectivity index (χ4v) is 2.89. The zero-order valence-corrected chi connectivity index (χ0v) is 18.7. The molecule has 2 amide bonds. The van der Waals surface area contributed by atoms with Crippen molar-refractivity contribution in [2.24, 2.45) is 0 Å². The maximum Gasteiger partial charge on any atom is 0.258 e. The molecule has 0 atom stereocenters. The lowest BCUT2D eigenvalue weighted by Crippen LogP contribution is -2.29. The molecule has 0 aliphatic heterocycles. The summed E-state index contributed by atoms with van der Waals surface area (Å²) >= 11 is 11.6. The van der Waals surface area contributed by atoms with Crippen LogP contribution in [-0.4, -0.2) is 25.0 Å². The number of amides is 2. The van der Waals surface area contributed by atoms with Crippen molar-refractivity contribution in [2.45, 2.75) is 13.1 Å². The van der Waals surface area contributed by atoms with Gasteiger partial charge in [0.25, 0.3) is 11.8 Å². The Morgan fingerprint density at radius 1 is 0.594 bits per heavy atom. The minimum atomic E-state index is -0.225. The topological polar surface area (TPSA) is 76.7 Å². The first kappa shape index (κ1) is 23.4. The van der Waals surface area contributed by atoms with Crippen molar-refractivity contribution in [2.75, 3.05) is 13.2 Å². The minimum absolute atomic E-state index is 0.0795. The standard InChI is InChI=1S/C24H22Cl2N2O4/c25-19-5-9-21(10-6-19)31-15-23(29)27-13-17-1-2-18(4-3-17)14-28-24(30)16-32-22-11-7-20(26)8-12-22/h1-12H,13-16H2,(H,27,29)(H,28,30). The van der Waals surface area contributed by atoms with Gasteiger partial charge in [-0.2, -0.15) is 0 Å². The van der Waals surface area contributed by atoms with Crippen LogP contribution < -0.4 is 20.1 Å². The molecule has 0 saturated heterocycles. The van der Waals surface area contributed by atoms with E-state index in [1.165, 1.54) is 0 Å². The van der Waals surface area contributed by atoms with Crippen LogP contribution in [-0.2, 0) is 22.7 Å². The van der Waals surface area contributed by atoms with E-state index in [1.807, 2.05) is 24.3 Å². The van der Waals surface area contributed by atoms with Crippen LogP contribution >= 0.6 is 23.2 Å². The van der Waals surface area contributed by atoms with Crippen molar-refractivity contribution in [3.8, 4) is 11.5 Å². The molecular formula is C24H22Cl2N2O4. The lowest BCUT2D eigenvalue weighted by molar-refractivity contribution is -0.124. The number of rotatable bonds is 10. The quantitative estimate of drug-likeness (QED) is 0.458. The maximum atomic E-state index is 12.0. The first-order valence-corrected chi connectivity index (χ1v) is 10.6. The second-order valence-electron chi connectivity index (χ2n) is 6.86. The van der Waals surface area contributed by atoms with Gasteiger partial charge in [-0.1, -0.05) is 47.5 Å². The van der Waals surface area contributed by atoms with E-state index in [4.69, 9.17) is 32.7 Å². The number of hydrogen-bond donors (Lipinski definition) is 2. The summed E-state index contributed by atoms with van der Waals surface area (Å²) in [6.07, 6.45) is 0. The second kappa shape index (κ2) is 12.0. The van der Waals surface area contributed by atoms with E-state index in [9.17, 15) is 9.59 Å². The summed E-state index contributed by atoms with van der Waals surface area (Å²) in [5.41, 5.74) is 1.87. The molecule has 0 aliphatic carbocycles. The van der Waals surface area contributed by atoms with Crippen molar-refractivity contribution < 1.29 is 19.1 Å². The molecular weight excluding hydrogens is 451 g/mol. The van der Waals surface area contributed by atoms with Gasteiger partial charge in [0, 0.05) is 23.1 Å². The number of halogens is 2. The van der Waals surface area contributed by atoms with Crippen LogP contribution in [0.2, 0.25) is 10.0 Å². The Bertz CT molecular complexity index is 939. The van der Waals surface area contributed by atoms with Gasteiger partial charge in [0.2, 0.25) is 0 Å². The van der Waals surface area contributed by atoms with Gasteiger partial charge < -0.3 is 20.1 Å². The van der Waals surface area contributed by atoms with E-state index >= 15 is 0 Å². The molecule has 6 nitrogen and oxygen atoms in total. The lowest BCUT2D eigenvalue weighted by atomic mass is 10.1. The number of benzene rings is 3. The first-order chi connectivity index (χ1) is 15.5. The fraction of sp³-hybridized carbons (Fsp3) is 0.167. The highest BCUT2D eigenvalue weighted by Gasteiger charge is 2.05. The Morgan fingerprint density at radius 3 is 1.28 bits per heavy atom. The average molecular weight is 473 g/mol. The zero-order chi connectivity index (χ0) is 22.8. The molecule has 166 valence electrons. The maximum absolute atomic E-state index is 12.0. The smallest absolute Gasteiger partial charge is 0.258 e. The van der Waals surface area contributed by atoms with E-state index < -0.39 is 0 Å². The highest BCUT2D eigenvalue weighted by atomic mass is 35.5. The predicted octanol–water partition coefficient (Wildman–Crippen LogP) is 4.38. The molecule has 2 N–H and O–H groups in total. The van der Waals surface area contributed by atoms with Gasteiger partial charge >= 0.3 is 0 Å². The summed E-state index contributed by atoms with van der Waals surface area (Å²) in [7, 11) is 0. The largest absolute Gasteiger partial charge is 0.484 e. The molecule has 0 aliphatic rings. The van der Waals surface area contributed by atoms with Gasteiger partial charge in [-0.25, -0.2) is 0 Å². The molecule has 0 spiro atoms. The van der Waals surface area contributed by atoms with Gasteiger partial charge in [-0.05, 0) is 59.7 Å². The summed E-state index contributed by atoms with van der Waals surface area (Å²) in [6, 6.07) is 21.2. The molecule has 3 aromatic carbocycles. The van der Waals surface area contributed by atoms with Crippen molar-refractivity contribution >= 4 is 35.0 Å². The molecule has 0 fully saturated rings. The van der Waals surface area contributed by atoms with Gasteiger partial charge in [0.1, 0.15) is 11.5 Å². The number of nitrogens with one attached hydrogen (secondary N) is 2. The second-order valence-corrected chi connectivity index (χ2v) is 7.73. The van der Waals surface area contributed by atoms with Gasteiger partial charge in [0.05, 0.1) is 0 Å². The van der Waals surface area contributed by atoms with Crippen LogP contribution in [0, 0.1) is 0 Å².